The zero-order chi connectivity index (χ0) is 14.7. The molecule has 0 radical (unpaired) electrons. The van der Waals surface area contributed by atoms with Crippen LogP contribution < -0.4 is 15.2 Å². The molecule has 0 spiro atoms. The molecule has 1 aromatic heterocycles. The van der Waals surface area contributed by atoms with Gasteiger partial charge in [-0.1, -0.05) is 23.2 Å². The summed E-state index contributed by atoms with van der Waals surface area (Å²) in [7, 11) is 1.62. The number of rotatable bonds is 5. The summed E-state index contributed by atoms with van der Waals surface area (Å²) in [6, 6.07) is 5.01. The number of thiophene rings is 1. The summed E-state index contributed by atoms with van der Waals surface area (Å²) in [6.45, 7) is 2.42. The predicted molar refractivity (Wildman–Crippen MR) is 84.5 cm³/mol. The molecule has 2 rings (SSSR count). The first-order valence-corrected chi connectivity index (χ1v) is 7.70. The lowest BCUT2D eigenvalue weighted by Gasteiger charge is -2.15. The number of halogens is 2. The Hall–Kier alpha value is -0.940. The third-order valence-electron chi connectivity index (χ3n) is 2.82. The Labute approximate surface area is 132 Å². The van der Waals surface area contributed by atoms with E-state index in [1.807, 2.05) is 18.4 Å². The second kappa shape index (κ2) is 6.68. The van der Waals surface area contributed by atoms with Gasteiger partial charge in [-0.25, -0.2) is 0 Å². The van der Waals surface area contributed by atoms with Gasteiger partial charge in [0.25, 0.3) is 0 Å². The number of methoxy groups -OCH3 is 1. The first kappa shape index (κ1) is 15.4. The number of hydrogen-bond donors (Lipinski definition) is 1. The zero-order valence-corrected chi connectivity index (χ0v) is 13.5. The van der Waals surface area contributed by atoms with Crippen LogP contribution in [0.4, 0.5) is 0 Å². The normalized spacial score (nSPS) is 12.2. The summed E-state index contributed by atoms with van der Waals surface area (Å²) in [5, 5.41) is 2.95. The van der Waals surface area contributed by atoms with Gasteiger partial charge < -0.3 is 15.2 Å². The Morgan fingerprint density at radius 3 is 2.60 bits per heavy atom. The molecule has 0 aliphatic heterocycles. The van der Waals surface area contributed by atoms with Gasteiger partial charge in [-0.05, 0) is 24.6 Å². The smallest absolute Gasteiger partial charge is 0.139 e. The van der Waals surface area contributed by atoms with E-state index in [0.717, 1.165) is 16.2 Å². The van der Waals surface area contributed by atoms with E-state index in [1.165, 1.54) is 11.3 Å². The van der Waals surface area contributed by atoms with Gasteiger partial charge in [0.05, 0.1) is 24.8 Å². The second-order valence-corrected chi connectivity index (χ2v) is 5.86. The fourth-order valence-corrected chi connectivity index (χ4v) is 3.18. The van der Waals surface area contributed by atoms with E-state index in [4.69, 9.17) is 38.4 Å². The van der Waals surface area contributed by atoms with Crippen LogP contribution in [0.15, 0.2) is 23.6 Å². The summed E-state index contributed by atoms with van der Waals surface area (Å²) in [5.41, 5.74) is 7.02. The van der Waals surface area contributed by atoms with Crippen molar-refractivity contribution in [2.75, 3.05) is 13.7 Å². The Balaban J connectivity index is 2.34. The van der Waals surface area contributed by atoms with Crippen molar-refractivity contribution >= 4 is 34.5 Å². The van der Waals surface area contributed by atoms with E-state index in [0.29, 0.717) is 22.4 Å². The molecule has 20 heavy (non-hydrogen) atoms. The van der Waals surface area contributed by atoms with Crippen LogP contribution in [0.3, 0.4) is 0 Å². The maximum atomic E-state index is 6.28. The Morgan fingerprint density at radius 2 is 2.00 bits per heavy atom. The van der Waals surface area contributed by atoms with Gasteiger partial charge in [0.2, 0.25) is 0 Å². The quantitative estimate of drug-likeness (QED) is 0.876. The van der Waals surface area contributed by atoms with E-state index in [1.54, 1.807) is 19.2 Å². The molecule has 108 valence electrons. The lowest BCUT2D eigenvalue weighted by molar-refractivity contribution is 0.340. The molecule has 1 atom stereocenters. The standard InChI is InChI=1S/C14H15Cl2NO2S/c1-3-19-12-6-10(15)9(5-11(12)16)14(17)13-4-8(18-2)7-20-13/h4-7,14H,3,17H2,1-2H3. The van der Waals surface area contributed by atoms with Gasteiger partial charge in [-0.15, -0.1) is 11.3 Å². The van der Waals surface area contributed by atoms with Crippen molar-refractivity contribution in [3.63, 3.8) is 0 Å². The van der Waals surface area contributed by atoms with E-state index < -0.39 is 0 Å². The molecule has 0 saturated carbocycles. The molecule has 2 aromatic rings. The Kier molecular flexibility index (Phi) is 5.16. The predicted octanol–water partition coefficient (Wildman–Crippen LogP) is 4.51. The first-order valence-electron chi connectivity index (χ1n) is 6.06. The molecule has 0 aliphatic rings. The van der Waals surface area contributed by atoms with Crippen LogP contribution >= 0.6 is 34.5 Å². The van der Waals surface area contributed by atoms with Crippen molar-refractivity contribution in [3.05, 3.63) is 44.1 Å². The number of benzene rings is 1. The molecule has 0 saturated heterocycles. The Morgan fingerprint density at radius 1 is 1.25 bits per heavy atom. The first-order chi connectivity index (χ1) is 9.56. The Bertz CT molecular complexity index is 601. The highest BCUT2D eigenvalue weighted by Crippen LogP contribution is 2.37. The summed E-state index contributed by atoms with van der Waals surface area (Å²) in [4.78, 5) is 0.962. The van der Waals surface area contributed by atoms with Gasteiger partial charge >= 0.3 is 0 Å². The second-order valence-electron chi connectivity index (χ2n) is 4.10. The average molecular weight is 332 g/mol. The monoisotopic (exact) mass is 331 g/mol. The summed E-state index contributed by atoms with van der Waals surface area (Å²) >= 11 is 14.0. The van der Waals surface area contributed by atoms with Crippen LogP contribution in [0.2, 0.25) is 10.0 Å². The van der Waals surface area contributed by atoms with E-state index >= 15 is 0 Å². The fraction of sp³-hybridized carbons (Fsp3) is 0.286. The van der Waals surface area contributed by atoms with Gasteiger partial charge in [0, 0.05) is 21.3 Å². The highest BCUT2D eigenvalue weighted by atomic mass is 35.5. The topological polar surface area (TPSA) is 44.5 Å². The molecule has 0 amide bonds. The average Bonchev–Trinajstić information content (AvgIpc) is 2.91. The largest absolute Gasteiger partial charge is 0.496 e. The molecule has 1 heterocycles. The van der Waals surface area contributed by atoms with Crippen LogP contribution in [0.5, 0.6) is 11.5 Å². The highest BCUT2D eigenvalue weighted by molar-refractivity contribution is 7.10. The molecule has 0 aliphatic carbocycles. The molecule has 0 fully saturated rings. The van der Waals surface area contributed by atoms with Crippen LogP contribution in [-0.4, -0.2) is 13.7 Å². The SMILES string of the molecule is CCOc1cc(Cl)c(C(N)c2cc(OC)cs2)cc1Cl. The molecule has 0 bridgehead atoms. The molecule has 3 nitrogen and oxygen atoms in total. The number of ether oxygens (including phenoxy) is 2. The van der Waals surface area contributed by atoms with Crippen molar-refractivity contribution in [3.8, 4) is 11.5 Å². The number of hydrogen-bond acceptors (Lipinski definition) is 4. The van der Waals surface area contributed by atoms with E-state index in [-0.39, 0.29) is 6.04 Å². The van der Waals surface area contributed by atoms with E-state index in [2.05, 4.69) is 0 Å². The summed E-state index contributed by atoms with van der Waals surface area (Å²) in [5.74, 6) is 1.35. The van der Waals surface area contributed by atoms with Crippen LogP contribution in [0.1, 0.15) is 23.4 Å². The van der Waals surface area contributed by atoms with Crippen LogP contribution in [-0.2, 0) is 0 Å². The highest BCUT2D eigenvalue weighted by Gasteiger charge is 2.17. The maximum Gasteiger partial charge on any atom is 0.139 e. The molecule has 6 heteroatoms. The van der Waals surface area contributed by atoms with Crippen molar-refractivity contribution in [1.29, 1.82) is 0 Å². The van der Waals surface area contributed by atoms with Crippen LogP contribution in [0, 0.1) is 0 Å². The summed E-state index contributed by atoms with van der Waals surface area (Å²) in [6.07, 6.45) is 0. The number of nitrogens with two attached hydrogens (primary N) is 1. The van der Waals surface area contributed by atoms with Crippen molar-refractivity contribution in [2.24, 2.45) is 5.73 Å². The lowest BCUT2D eigenvalue weighted by atomic mass is 10.1. The molecular weight excluding hydrogens is 317 g/mol. The van der Waals surface area contributed by atoms with Crippen molar-refractivity contribution < 1.29 is 9.47 Å². The van der Waals surface area contributed by atoms with Crippen LogP contribution in [0.25, 0.3) is 0 Å². The molecule has 1 unspecified atom stereocenters. The molecule has 1 aromatic carbocycles. The third kappa shape index (κ3) is 3.20. The molecular formula is C14H15Cl2NO2S. The van der Waals surface area contributed by atoms with Crippen molar-refractivity contribution in [1.82, 2.24) is 0 Å². The maximum absolute atomic E-state index is 6.28. The summed E-state index contributed by atoms with van der Waals surface area (Å²) < 4.78 is 10.6. The zero-order valence-electron chi connectivity index (χ0n) is 11.2. The lowest BCUT2D eigenvalue weighted by Crippen LogP contribution is -2.11. The van der Waals surface area contributed by atoms with Gasteiger partial charge in [-0.2, -0.15) is 0 Å². The van der Waals surface area contributed by atoms with Gasteiger partial charge in [-0.3, -0.25) is 0 Å². The van der Waals surface area contributed by atoms with E-state index in [9.17, 15) is 0 Å². The van der Waals surface area contributed by atoms with Gasteiger partial charge in [0.15, 0.2) is 0 Å². The van der Waals surface area contributed by atoms with Gasteiger partial charge in [0.1, 0.15) is 11.5 Å². The third-order valence-corrected chi connectivity index (χ3v) is 4.44. The molecule has 2 N–H and O–H groups in total. The fourth-order valence-electron chi connectivity index (χ4n) is 1.81. The minimum atomic E-state index is -0.343. The minimum Gasteiger partial charge on any atom is -0.496 e. The minimum absolute atomic E-state index is 0.343. The van der Waals surface area contributed by atoms with Crippen molar-refractivity contribution in [2.45, 2.75) is 13.0 Å².